The molecule has 82 valence electrons. The van der Waals surface area contributed by atoms with Gasteiger partial charge in [0, 0.05) is 12.7 Å². The highest BCUT2D eigenvalue weighted by Gasteiger charge is 2.02. The Hall–Kier alpha value is -0.870. The maximum atomic E-state index is 11.1. The highest BCUT2D eigenvalue weighted by Crippen LogP contribution is 1.95. The highest BCUT2D eigenvalue weighted by molar-refractivity contribution is 5.87. The zero-order valence-electron chi connectivity index (χ0n) is 9.04. The van der Waals surface area contributed by atoms with Crippen LogP contribution in [0.3, 0.4) is 0 Å². The molecule has 0 heterocycles. The summed E-state index contributed by atoms with van der Waals surface area (Å²) in [6, 6.07) is 0. The molecule has 0 aromatic rings. The van der Waals surface area contributed by atoms with E-state index in [0.717, 1.165) is 0 Å². The van der Waals surface area contributed by atoms with Gasteiger partial charge in [0.15, 0.2) is 0 Å². The van der Waals surface area contributed by atoms with E-state index in [4.69, 9.17) is 14.2 Å². The van der Waals surface area contributed by atoms with E-state index in [1.807, 2.05) is 0 Å². The van der Waals surface area contributed by atoms with Crippen molar-refractivity contribution in [2.24, 2.45) is 0 Å². The van der Waals surface area contributed by atoms with Gasteiger partial charge in [0.2, 0.25) is 0 Å². The van der Waals surface area contributed by atoms with Crippen LogP contribution in [0.4, 0.5) is 0 Å². The third-order valence-corrected chi connectivity index (χ3v) is 1.65. The smallest absolute Gasteiger partial charge is 0.333 e. The number of hydrogen-bond acceptors (Lipinski definition) is 4. The van der Waals surface area contributed by atoms with E-state index >= 15 is 0 Å². The summed E-state index contributed by atoms with van der Waals surface area (Å²) < 4.78 is 14.8. The van der Waals surface area contributed by atoms with Crippen molar-refractivity contribution in [1.29, 1.82) is 0 Å². The first kappa shape index (κ1) is 13.1. The van der Waals surface area contributed by atoms with Crippen LogP contribution in [0.2, 0.25) is 0 Å². The van der Waals surface area contributed by atoms with Crippen LogP contribution >= 0.6 is 0 Å². The predicted octanol–water partition coefficient (Wildman–Crippen LogP) is 1.16. The van der Waals surface area contributed by atoms with Gasteiger partial charge in [-0.05, 0) is 13.8 Å². The molecule has 0 N–H and O–H groups in total. The second-order valence-corrected chi connectivity index (χ2v) is 2.71. The average Bonchev–Trinajstić information content (AvgIpc) is 2.21. The molecule has 4 heteroatoms. The fourth-order valence-corrected chi connectivity index (χ4v) is 0.669. The average molecular weight is 202 g/mol. The molecule has 0 amide bonds. The van der Waals surface area contributed by atoms with E-state index in [1.165, 1.54) is 0 Å². The van der Waals surface area contributed by atoms with Crippen molar-refractivity contribution in [3.8, 4) is 0 Å². The minimum Gasteiger partial charge on any atom is -0.460 e. The Kier molecular flexibility index (Phi) is 8.17. The van der Waals surface area contributed by atoms with Crippen LogP contribution in [0.5, 0.6) is 0 Å². The molecule has 0 unspecified atom stereocenters. The van der Waals surface area contributed by atoms with Crippen molar-refractivity contribution in [1.82, 2.24) is 0 Å². The minimum absolute atomic E-state index is 0.285. The van der Waals surface area contributed by atoms with Crippen LogP contribution in [-0.2, 0) is 19.0 Å². The molecule has 0 aliphatic carbocycles. The molecule has 0 rings (SSSR count). The normalized spacial score (nSPS) is 11.5. The summed E-state index contributed by atoms with van der Waals surface area (Å²) in [5.41, 5.74) is 0.613. The lowest BCUT2D eigenvalue weighted by atomic mass is 10.3. The molecule has 0 radical (unpaired) electrons. The fraction of sp³-hybridized carbons (Fsp3) is 0.700. The van der Waals surface area contributed by atoms with E-state index in [2.05, 4.69) is 0 Å². The van der Waals surface area contributed by atoms with Gasteiger partial charge in [-0.2, -0.15) is 0 Å². The lowest BCUT2D eigenvalue weighted by Gasteiger charge is -2.05. The molecule has 0 atom stereocenters. The molecule has 0 aliphatic heterocycles. The highest BCUT2D eigenvalue weighted by atomic mass is 16.6. The molecule has 0 fully saturated rings. The Labute approximate surface area is 84.8 Å². The largest absolute Gasteiger partial charge is 0.460 e. The molecular weight excluding hydrogens is 184 g/mol. The Bertz CT molecular complexity index is 187. The number of allylic oxidation sites excluding steroid dienone is 1. The maximum absolute atomic E-state index is 11.1. The molecule has 0 aliphatic rings. The zero-order chi connectivity index (χ0) is 10.8. The lowest BCUT2D eigenvalue weighted by molar-refractivity contribution is -0.140. The summed E-state index contributed by atoms with van der Waals surface area (Å²) in [4.78, 5) is 11.1. The molecule has 0 aromatic heterocycles. The van der Waals surface area contributed by atoms with E-state index in [9.17, 15) is 4.79 Å². The number of hydrogen-bond donors (Lipinski definition) is 0. The number of esters is 1. The van der Waals surface area contributed by atoms with Gasteiger partial charge in [-0.1, -0.05) is 6.08 Å². The zero-order valence-corrected chi connectivity index (χ0v) is 9.04. The molecule has 0 aromatic carbocycles. The van der Waals surface area contributed by atoms with Gasteiger partial charge in [0.05, 0.1) is 19.8 Å². The summed E-state index contributed by atoms with van der Waals surface area (Å²) >= 11 is 0. The third kappa shape index (κ3) is 6.62. The molecule has 14 heavy (non-hydrogen) atoms. The van der Waals surface area contributed by atoms with Crippen LogP contribution in [0.1, 0.15) is 13.8 Å². The summed E-state index contributed by atoms with van der Waals surface area (Å²) in [5, 5.41) is 0. The van der Waals surface area contributed by atoms with Crippen LogP contribution in [0.25, 0.3) is 0 Å². The predicted molar refractivity (Wildman–Crippen MR) is 53.1 cm³/mol. The number of rotatable bonds is 7. The second-order valence-electron chi connectivity index (χ2n) is 2.71. The van der Waals surface area contributed by atoms with Crippen molar-refractivity contribution in [2.45, 2.75) is 13.8 Å². The van der Waals surface area contributed by atoms with Gasteiger partial charge in [-0.15, -0.1) is 0 Å². The van der Waals surface area contributed by atoms with E-state index in [-0.39, 0.29) is 12.6 Å². The Morgan fingerprint density at radius 3 is 2.43 bits per heavy atom. The van der Waals surface area contributed by atoms with E-state index in [0.29, 0.717) is 25.4 Å². The fourth-order valence-electron chi connectivity index (χ4n) is 0.669. The maximum Gasteiger partial charge on any atom is 0.333 e. The van der Waals surface area contributed by atoms with Crippen molar-refractivity contribution in [3.63, 3.8) is 0 Å². The van der Waals surface area contributed by atoms with Crippen molar-refractivity contribution in [3.05, 3.63) is 11.6 Å². The third-order valence-electron chi connectivity index (χ3n) is 1.65. The SMILES string of the molecule is CC=C(C)C(=O)OCCOCCOC. The first-order chi connectivity index (χ1) is 6.72. The molecule has 0 spiro atoms. The number of carbonyl (C=O) groups excluding carboxylic acids is 1. The summed E-state index contributed by atoms with van der Waals surface area (Å²) in [7, 11) is 1.61. The first-order valence-electron chi connectivity index (χ1n) is 4.59. The first-order valence-corrected chi connectivity index (χ1v) is 4.59. The summed E-state index contributed by atoms with van der Waals surface area (Å²) in [6.07, 6.45) is 1.72. The van der Waals surface area contributed by atoms with Crippen LogP contribution in [0.15, 0.2) is 11.6 Å². The number of carbonyl (C=O) groups is 1. The summed E-state index contributed by atoms with van der Waals surface area (Å²) in [5.74, 6) is -0.289. The van der Waals surface area contributed by atoms with E-state index in [1.54, 1.807) is 27.0 Å². The van der Waals surface area contributed by atoms with Gasteiger partial charge in [0.25, 0.3) is 0 Å². The quantitative estimate of drug-likeness (QED) is 0.353. The van der Waals surface area contributed by atoms with Crippen molar-refractivity contribution >= 4 is 5.97 Å². The standard InChI is InChI=1S/C10H18O4/c1-4-9(2)10(11)14-8-7-13-6-5-12-3/h4H,5-8H2,1-3H3. The number of methoxy groups -OCH3 is 1. The van der Waals surface area contributed by atoms with E-state index < -0.39 is 0 Å². The Morgan fingerprint density at radius 2 is 1.86 bits per heavy atom. The van der Waals surface area contributed by atoms with Gasteiger partial charge < -0.3 is 14.2 Å². The lowest BCUT2D eigenvalue weighted by Crippen LogP contribution is -2.12. The van der Waals surface area contributed by atoms with Crippen molar-refractivity contribution in [2.75, 3.05) is 33.5 Å². The topological polar surface area (TPSA) is 44.8 Å². The minimum atomic E-state index is -0.289. The van der Waals surface area contributed by atoms with Gasteiger partial charge in [0.1, 0.15) is 6.61 Å². The molecule has 0 saturated carbocycles. The Morgan fingerprint density at radius 1 is 1.21 bits per heavy atom. The van der Waals surface area contributed by atoms with Crippen LogP contribution in [0, 0.1) is 0 Å². The Balaban J connectivity index is 3.32. The number of ether oxygens (including phenoxy) is 3. The monoisotopic (exact) mass is 202 g/mol. The molecule has 0 bridgehead atoms. The molecular formula is C10H18O4. The van der Waals surface area contributed by atoms with Crippen molar-refractivity contribution < 1.29 is 19.0 Å². The van der Waals surface area contributed by atoms with Gasteiger partial charge >= 0.3 is 5.97 Å². The second kappa shape index (κ2) is 8.72. The van der Waals surface area contributed by atoms with Gasteiger partial charge in [-0.25, -0.2) is 4.79 Å². The van der Waals surface area contributed by atoms with Crippen LogP contribution in [-0.4, -0.2) is 39.5 Å². The van der Waals surface area contributed by atoms with Gasteiger partial charge in [-0.3, -0.25) is 0 Å². The summed E-state index contributed by atoms with van der Waals surface area (Å²) in [6.45, 7) is 5.29. The van der Waals surface area contributed by atoms with Crippen LogP contribution < -0.4 is 0 Å². The molecule has 0 saturated heterocycles. The molecule has 4 nitrogen and oxygen atoms in total.